The Kier molecular flexibility index (Phi) is 4.53. The maximum Gasteiger partial charge on any atom is 0.128 e. The van der Waals surface area contributed by atoms with Crippen molar-refractivity contribution in [3.8, 4) is 0 Å². The van der Waals surface area contributed by atoms with Gasteiger partial charge < -0.3 is 5.73 Å². The highest BCUT2D eigenvalue weighted by Crippen LogP contribution is 2.04. The van der Waals surface area contributed by atoms with Gasteiger partial charge in [0, 0.05) is 17.8 Å². The van der Waals surface area contributed by atoms with E-state index in [4.69, 9.17) is 5.73 Å². The Morgan fingerprint density at radius 2 is 1.71 bits per heavy atom. The molecule has 0 bridgehead atoms. The van der Waals surface area contributed by atoms with Crippen molar-refractivity contribution in [3.63, 3.8) is 0 Å². The van der Waals surface area contributed by atoms with Crippen LogP contribution < -0.4 is 5.73 Å². The molecule has 0 unspecified atom stereocenters. The minimum absolute atomic E-state index is 0.785. The molecule has 0 saturated carbocycles. The van der Waals surface area contributed by atoms with Crippen LogP contribution in [-0.2, 0) is 6.42 Å². The van der Waals surface area contributed by atoms with E-state index in [0.717, 1.165) is 43.0 Å². The van der Waals surface area contributed by atoms with Gasteiger partial charge in [0.1, 0.15) is 5.82 Å². The van der Waals surface area contributed by atoms with Crippen LogP contribution in [0.2, 0.25) is 0 Å². The maximum absolute atomic E-state index is 5.42. The highest BCUT2D eigenvalue weighted by atomic mass is 14.9. The lowest BCUT2D eigenvalue weighted by Crippen LogP contribution is -2.01. The van der Waals surface area contributed by atoms with Crippen LogP contribution >= 0.6 is 0 Å². The number of nitrogens with zero attached hydrogens (tertiary/aromatic N) is 2. The Hall–Kier alpha value is -0.960. The van der Waals surface area contributed by atoms with Gasteiger partial charge in [-0.25, -0.2) is 9.97 Å². The van der Waals surface area contributed by atoms with Crippen LogP contribution in [0.15, 0.2) is 6.07 Å². The second-order valence-electron chi connectivity index (χ2n) is 3.67. The minimum Gasteiger partial charge on any atom is -0.330 e. The fourth-order valence-electron chi connectivity index (χ4n) is 1.52. The van der Waals surface area contributed by atoms with Crippen molar-refractivity contribution in [2.45, 2.75) is 39.5 Å². The van der Waals surface area contributed by atoms with Crippen molar-refractivity contribution < 1.29 is 0 Å². The third kappa shape index (κ3) is 3.83. The van der Waals surface area contributed by atoms with E-state index in [1.165, 1.54) is 6.42 Å². The fraction of sp³-hybridized carbons (Fsp3) is 0.636. The van der Waals surface area contributed by atoms with Crippen molar-refractivity contribution in [1.29, 1.82) is 0 Å². The van der Waals surface area contributed by atoms with Crippen molar-refractivity contribution in [3.05, 3.63) is 23.3 Å². The molecule has 0 aliphatic heterocycles. The highest BCUT2D eigenvalue weighted by molar-refractivity contribution is 5.08. The number of hydrogen-bond acceptors (Lipinski definition) is 3. The van der Waals surface area contributed by atoms with E-state index in [-0.39, 0.29) is 0 Å². The Morgan fingerprint density at radius 3 is 2.29 bits per heavy atom. The van der Waals surface area contributed by atoms with Gasteiger partial charge in [0.15, 0.2) is 0 Å². The molecule has 78 valence electrons. The van der Waals surface area contributed by atoms with Crippen LogP contribution in [0.1, 0.15) is 36.5 Å². The van der Waals surface area contributed by atoms with Gasteiger partial charge in [-0.05, 0) is 39.3 Å². The number of hydrogen-bond donors (Lipinski definition) is 1. The summed E-state index contributed by atoms with van der Waals surface area (Å²) in [6, 6.07) is 2.00. The molecule has 0 spiro atoms. The molecular weight excluding hydrogens is 174 g/mol. The topological polar surface area (TPSA) is 51.8 Å². The SMILES string of the molecule is Cc1cc(C)nc(CCCCCN)n1. The number of rotatable bonds is 5. The Labute approximate surface area is 85.8 Å². The maximum atomic E-state index is 5.42. The molecule has 1 heterocycles. The van der Waals surface area contributed by atoms with Gasteiger partial charge in [-0.1, -0.05) is 6.42 Å². The average molecular weight is 193 g/mol. The molecule has 2 N–H and O–H groups in total. The first-order chi connectivity index (χ1) is 6.72. The summed E-state index contributed by atoms with van der Waals surface area (Å²) in [7, 11) is 0. The van der Waals surface area contributed by atoms with Crippen molar-refractivity contribution in [2.24, 2.45) is 5.73 Å². The molecule has 0 radical (unpaired) electrons. The lowest BCUT2D eigenvalue weighted by molar-refractivity contribution is 0.666. The lowest BCUT2D eigenvalue weighted by Gasteiger charge is -2.02. The van der Waals surface area contributed by atoms with Crippen LogP contribution in [0.25, 0.3) is 0 Å². The first kappa shape index (κ1) is 11.1. The molecule has 14 heavy (non-hydrogen) atoms. The second kappa shape index (κ2) is 5.70. The molecule has 0 fully saturated rings. The van der Waals surface area contributed by atoms with Gasteiger partial charge in [0.2, 0.25) is 0 Å². The zero-order valence-corrected chi connectivity index (χ0v) is 9.08. The second-order valence-corrected chi connectivity index (χ2v) is 3.67. The van der Waals surface area contributed by atoms with Crippen molar-refractivity contribution >= 4 is 0 Å². The van der Waals surface area contributed by atoms with Crippen LogP contribution in [0.3, 0.4) is 0 Å². The predicted molar refractivity (Wildman–Crippen MR) is 58.1 cm³/mol. The number of aromatic nitrogens is 2. The molecule has 1 aromatic rings. The highest BCUT2D eigenvalue weighted by Gasteiger charge is 1.98. The Bertz CT molecular complexity index is 264. The predicted octanol–water partition coefficient (Wildman–Crippen LogP) is 1.76. The molecule has 1 aromatic heterocycles. The third-order valence-corrected chi connectivity index (χ3v) is 2.13. The van der Waals surface area contributed by atoms with E-state index in [0.29, 0.717) is 0 Å². The zero-order chi connectivity index (χ0) is 10.4. The van der Waals surface area contributed by atoms with E-state index in [1.54, 1.807) is 0 Å². The largest absolute Gasteiger partial charge is 0.330 e. The number of aryl methyl sites for hydroxylation is 3. The van der Waals surface area contributed by atoms with E-state index < -0.39 is 0 Å². The van der Waals surface area contributed by atoms with Crippen LogP contribution in [0, 0.1) is 13.8 Å². The van der Waals surface area contributed by atoms with E-state index >= 15 is 0 Å². The fourth-order valence-corrected chi connectivity index (χ4v) is 1.52. The summed E-state index contributed by atoms with van der Waals surface area (Å²) in [4.78, 5) is 8.78. The van der Waals surface area contributed by atoms with Gasteiger partial charge in [0.25, 0.3) is 0 Å². The summed E-state index contributed by atoms with van der Waals surface area (Å²) in [6.07, 6.45) is 4.39. The summed E-state index contributed by atoms with van der Waals surface area (Å²) in [5.41, 5.74) is 7.55. The van der Waals surface area contributed by atoms with Crippen molar-refractivity contribution in [1.82, 2.24) is 9.97 Å². The summed E-state index contributed by atoms with van der Waals surface area (Å²) >= 11 is 0. The molecule has 3 heteroatoms. The summed E-state index contributed by atoms with van der Waals surface area (Å²) < 4.78 is 0. The smallest absolute Gasteiger partial charge is 0.128 e. The molecule has 3 nitrogen and oxygen atoms in total. The first-order valence-electron chi connectivity index (χ1n) is 5.23. The first-order valence-corrected chi connectivity index (χ1v) is 5.23. The molecule has 1 rings (SSSR count). The van der Waals surface area contributed by atoms with Crippen molar-refractivity contribution in [2.75, 3.05) is 6.54 Å². The monoisotopic (exact) mass is 193 g/mol. The molecule has 0 aliphatic rings. The van der Waals surface area contributed by atoms with Gasteiger partial charge in [0.05, 0.1) is 0 Å². The quantitative estimate of drug-likeness (QED) is 0.725. The normalized spacial score (nSPS) is 10.5. The van der Waals surface area contributed by atoms with Crippen LogP contribution in [-0.4, -0.2) is 16.5 Å². The van der Waals surface area contributed by atoms with Crippen LogP contribution in [0.4, 0.5) is 0 Å². The van der Waals surface area contributed by atoms with E-state index in [9.17, 15) is 0 Å². The van der Waals surface area contributed by atoms with E-state index in [1.807, 2.05) is 19.9 Å². The minimum atomic E-state index is 0.785. The lowest BCUT2D eigenvalue weighted by atomic mass is 10.2. The van der Waals surface area contributed by atoms with Gasteiger partial charge in [-0.3, -0.25) is 0 Å². The van der Waals surface area contributed by atoms with Crippen LogP contribution in [0.5, 0.6) is 0 Å². The van der Waals surface area contributed by atoms with E-state index in [2.05, 4.69) is 9.97 Å². The van der Waals surface area contributed by atoms with Gasteiger partial charge in [-0.15, -0.1) is 0 Å². The standard InChI is InChI=1S/C11H19N3/c1-9-8-10(2)14-11(13-9)6-4-3-5-7-12/h8H,3-7,12H2,1-2H3. The average Bonchev–Trinajstić information content (AvgIpc) is 2.11. The molecule has 0 saturated heterocycles. The Morgan fingerprint density at radius 1 is 1.07 bits per heavy atom. The molecule has 0 atom stereocenters. The molecule has 0 amide bonds. The Balaban J connectivity index is 2.42. The summed E-state index contributed by atoms with van der Waals surface area (Å²) in [6.45, 7) is 4.81. The molecular formula is C11H19N3. The summed E-state index contributed by atoms with van der Waals surface area (Å²) in [5.74, 6) is 0.972. The number of unbranched alkanes of at least 4 members (excludes halogenated alkanes) is 2. The zero-order valence-electron chi connectivity index (χ0n) is 9.08. The van der Waals surface area contributed by atoms with Gasteiger partial charge >= 0.3 is 0 Å². The van der Waals surface area contributed by atoms with Gasteiger partial charge in [-0.2, -0.15) is 0 Å². The number of nitrogens with two attached hydrogens (primary N) is 1. The molecule has 0 aliphatic carbocycles. The third-order valence-electron chi connectivity index (χ3n) is 2.13. The molecule has 0 aromatic carbocycles. The summed E-state index contributed by atoms with van der Waals surface area (Å²) in [5, 5.41) is 0.